The van der Waals surface area contributed by atoms with E-state index in [1.54, 1.807) is 6.07 Å². The van der Waals surface area contributed by atoms with E-state index in [-0.39, 0.29) is 11.4 Å². The lowest BCUT2D eigenvalue weighted by atomic mass is 10.3. The van der Waals surface area contributed by atoms with E-state index in [9.17, 15) is 10.1 Å². The number of rotatable bonds is 1. The predicted molar refractivity (Wildman–Crippen MR) is 43.9 cm³/mol. The summed E-state index contributed by atoms with van der Waals surface area (Å²) in [6.07, 6.45) is 0. The largest absolute Gasteiger partial charge is 0.588 e. The molecule has 2 N–H and O–H groups in total. The topological polar surface area (TPSA) is 66.0 Å². The molecule has 5 heteroatoms. The van der Waals surface area contributed by atoms with Crippen LogP contribution in [0.25, 0.3) is 0 Å². The smallest absolute Gasteiger partial charge is 0.364 e. The predicted octanol–water partition coefficient (Wildman–Crippen LogP) is 1.80. The van der Waals surface area contributed by atoms with Crippen LogP contribution in [0.5, 0.6) is 5.75 Å². The summed E-state index contributed by atoms with van der Waals surface area (Å²) in [5.74, 6) is -0.0711. The zero-order chi connectivity index (χ0) is 8.43. The minimum absolute atomic E-state index is 0.0711. The number of benzene rings is 1. The summed E-state index contributed by atoms with van der Waals surface area (Å²) >= 11 is 3.08. The highest BCUT2D eigenvalue weighted by Gasteiger charge is 2.16. The Morgan fingerprint density at radius 2 is 2.18 bits per heavy atom. The minimum Gasteiger partial charge on any atom is -0.588 e. The van der Waals surface area contributed by atoms with Gasteiger partial charge in [0, 0.05) is 16.6 Å². The summed E-state index contributed by atoms with van der Waals surface area (Å²) in [5.41, 5.74) is -0.181. The maximum Gasteiger partial charge on any atom is 0.364 e. The van der Waals surface area contributed by atoms with Crippen molar-refractivity contribution in [2.75, 3.05) is 0 Å². The van der Waals surface area contributed by atoms with E-state index < -0.39 is 4.92 Å². The Bertz CT molecular complexity index is 300. The molecule has 0 radical (unpaired) electrons. The molecule has 0 bridgehead atoms. The van der Waals surface area contributed by atoms with E-state index in [1.165, 1.54) is 12.1 Å². The van der Waals surface area contributed by atoms with Gasteiger partial charge >= 0.3 is 11.4 Å². The van der Waals surface area contributed by atoms with Gasteiger partial charge in [-0.25, -0.2) is 0 Å². The van der Waals surface area contributed by atoms with E-state index in [0.29, 0.717) is 4.47 Å². The number of hydrogen-bond donors (Lipinski definition) is 0. The van der Waals surface area contributed by atoms with Crippen molar-refractivity contribution in [3.8, 4) is 5.75 Å². The number of halogens is 1. The zero-order valence-electron chi connectivity index (χ0n) is 5.37. The van der Waals surface area contributed by atoms with Crippen LogP contribution in [-0.4, -0.2) is 10.0 Å². The maximum atomic E-state index is 10.2. The molecule has 0 aliphatic carbocycles. The Hall–Kier alpha value is -1.10. The number of nitro benzene ring substituents is 1. The molecule has 4 nitrogen and oxygen atoms in total. The molecule has 0 atom stereocenters. The van der Waals surface area contributed by atoms with Crippen LogP contribution in [-0.2, 0) is 0 Å². The van der Waals surface area contributed by atoms with Gasteiger partial charge in [0.1, 0.15) is 0 Å². The molecule has 58 valence electrons. The van der Waals surface area contributed by atoms with Crippen LogP contribution < -0.4 is 0 Å². The van der Waals surface area contributed by atoms with Crippen LogP contribution in [0.3, 0.4) is 0 Å². The molecular formula is C6H5BrNO3+. The highest BCUT2D eigenvalue weighted by Crippen LogP contribution is 2.28. The van der Waals surface area contributed by atoms with E-state index in [0.717, 1.165) is 0 Å². The molecule has 0 aliphatic heterocycles. The minimum atomic E-state index is -0.576. The highest BCUT2D eigenvalue weighted by molar-refractivity contribution is 9.10. The van der Waals surface area contributed by atoms with E-state index in [1.807, 2.05) is 0 Å². The van der Waals surface area contributed by atoms with Crippen LogP contribution in [0.4, 0.5) is 5.69 Å². The van der Waals surface area contributed by atoms with Crippen LogP contribution in [0.1, 0.15) is 0 Å². The average Bonchev–Trinajstić information content (AvgIpc) is 1.94. The standard InChI is InChI=1S/C6H4BrNO3/c7-4-1-2-6(9)5(3-4)8(10)11/h1-3,9H/p+1. The number of hydrogen-bond acceptors (Lipinski definition) is 2. The van der Waals surface area contributed by atoms with Crippen molar-refractivity contribution < 1.29 is 10.0 Å². The lowest BCUT2D eigenvalue weighted by molar-refractivity contribution is -0.385. The second-order valence-corrected chi connectivity index (χ2v) is 2.83. The average molecular weight is 219 g/mol. The van der Waals surface area contributed by atoms with Gasteiger partial charge in [0.2, 0.25) is 0 Å². The van der Waals surface area contributed by atoms with Crippen molar-refractivity contribution in [2.24, 2.45) is 0 Å². The Labute approximate surface area is 70.7 Å². The molecular weight excluding hydrogens is 214 g/mol. The molecule has 0 heterocycles. The fourth-order valence-corrected chi connectivity index (χ4v) is 1.00. The lowest BCUT2D eigenvalue weighted by Gasteiger charge is -1.91. The normalized spacial score (nSPS) is 9.55. The first kappa shape index (κ1) is 8.00. The monoisotopic (exact) mass is 218 g/mol. The van der Waals surface area contributed by atoms with Gasteiger partial charge in [-0.15, -0.1) is 0 Å². The molecule has 1 aromatic rings. The zero-order valence-corrected chi connectivity index (χ0v) is 6.96. The first-order valence-corrected chi connectivity index (χ1v) is 3.56. The molecule has 0 saturated heterocycles. The van der Waals surface area contributed by atoms with Crippen molar-refractivity contribution >= 4 is 21.6 Å². The number of nitrogens with zero attached hydrogens (tertiary/aromatic N) is 1. The molecule has 1 rings (SSSR count). The third-order valence-electron chi connectivity index (χ3n) is 1.16. The van der Waals surface area contributed by atoms with E-state index in [2.05, 4.69) is 15.9 Å². The Balaban J connectivity index is 3.23. The van der Waals surface area contributed by atoms with Crippen molar-refractivity contribution in [3.05, 3.63) is 32.8 Å². The summed E-state index contributed by atoms with van der Waals surface area (Å²) in [6, 6.07) is 4.28. The van der Waals surface area contributed by atoms with Crippen molar-refractivity contribution in [1.82, 2.24) is 0 Å². The van der Waals surface area contributed by atoms with Gasteiger partial charge in [0.15, 0.2) is 0 Å². The van der Waals surface area contributed by atoms with Gasteiger partial charge in [-0.3, -0.25) is 10.1 Å². The molecule has 11 heavy (non-hydrogen) atoms. The van der Waals surface area contributed by atoms with Gasteiger partial charge in [0.25, 0.3) is 0 Å². The van der Waals surface area contributed by atoms with Gasteiger partial charge < -0.3 is 5.11 Å². The Kier molecular flexibility index (Phi) is 2.09. The molecule has 0 spiro atoms. The molecule has 0 aliphatic rings. The fourth-order valence-electron chi connectivity index (χ4n) is 0.656. The van der Waals surface area contributed by atoms with Crippen molar-refractivity contribution in [3.63, 3.8) is 0 Å². The maximum absolute atomic E-state index is 10.2. The Morgan fingerprint density at radius 3 is 2.64 bits per heavy atom. The van der Waals surface area contributed by atoms with Crippen LogP contribution in [0.15, 0.2) is 22.7 Å². The van der Waals surface area contributed by atoms with E-state index in [4.69, 9.17) is 5.11 Å². The van der Waals surface area contributed by atoms with Crippen LogP contribution >= 0.6 is 15.9 Å². The van der Waals surface area contributed by atoms with Crippen LogP contribution in [0, 0.1) is 10.1 Å². The van der Waals surface area contributed by atoms with Gasteiger partial charge in [-0.05, 0) is 6.07 Å². The first-order valence-electron chi connectivity index (χ1n) is 2.77. The first-order chi connectivity index (χ1) is 5.11. The molecule has 0 fully saturated rings. The quantitative estimate of drug-likeness (QED) is 0.410. The molecule has 1 aromatic carbocycles. The van der Waals surface area contributed by atoms with Gasteiger partial charge in [-0.1, -0.05) is 15.9 Å². The highest BCUT2D eigenvalue weighted by atomic mass is 79.9. The SMILES string of the molecule is O=[N+]([O-])c1cc(Br)ccc1[OH2+]. The molecule has 0 saturated carbocycles. The van der Waals surface area contributed by atoms with Gasteiger partial charge in [-0.2, -0.15) is 0 Å². The summed E-state index contributed by atoms with van der Waals surface area (Å²) < 4.78 is 0.611. The summed E-state index contributed by atoms with van der Waals surface area (Å²) in [6.45, 7) is 0. The Morgan fingerprint density at radius 1 is 1.55 bits per heavy atom. The third kappa shape index (κ3) is 1.68. The second kappa shape index (κ2) is 2.87. The second-order valence-electron chi connectivity index (χ2n) is 1.92. The third-order valence-corrected chi connectivity index (χ3v) is 1.65. The summed E-state index contributed by atoms with van der Waals surface area (Å²) in [4.78, 5) is 9.66. The molecule has 0 unspecified atom stereocenters. The van der Waals surface area contributed by atoms with Gasteiger partial charge in [0.05, 0.1) is 4.92 Å². The van der Waals surface area contributed by atoms with Crippen LogP contribution in [0.2, 0.25) is 0 Å². The van der Waals surface area contributed by atoms with Crippen molar-refractivity contribution in [1.29, 1.82) is 0 Å². The molecule has 0 amide bonds. The fraction of sp³-hybridized carbons (Fsp3) is 0. The van der Waals surface area contributed by atoms with Crippen molar-refractivity contribution in [2.45, 2.75) is 0 Å². The lowest BCUT2D eigenvalue weighted by Crippen LogP contribution is -1.87. The van der Waals surface area contributed by atoms with E-state index >= 15 is 0 Å². The summed E-state index contributed by atoms with van der Waals surface area (Å²) in [5, 5.41) is 17.4. The summed E-state index contributed by atoms with van der Waals surface area (Å²) in [7, 11) is 0. The molecule has 0 aromatic heterocycles. The number of nitro groups is 1.